The molecule has 0 aliphatic carbocycles. The Hall–Kier alpha value is -3.96. The average Bonchev–Trinajstić information content (AvgIpc) is 2.91. The van der Waals surface area contributed by atoms with Crippen molar-refractivity contribution < 1.29 is 19.0 Å². The highest BCUT2D eigenvalue weighted by molar-refractivity contribution is 5.91. The summed E-state index contributed by atoms with van der Waals surface area (Å²) in [6.07, 6.45) is -0.256. The number of rotatable bonds is 11. The molecule has 2 atom stereocenters. The lowest BCUT2D eigenvalue weighted by atomic mass is 9.95. The molecule has 0 spiro atoms. The van der Waals surface area contributed by atoms with Crippen LogP contribution in [0.3, 0.4) is 0 Å². The number of halogens is 1. The summed E-state index contributed by atoms with van der Waals surface area (Å²) in [5.74, 6) is -0.0281. The molecule has 0 amide bonds. The van der Waals surface area contributed by atoms with E-state index in [4.69, 9.17) is 4.74 Å². The van der Waals surface area contributed by atoms with Gasteiger partial charge in [-0.25, -0.2) is 4.39 Å². The summed E-state index contributed by atoms with van der Waals surface area (Å²) in [5.41, 5.74) is 3.39. The van der Waals surface area contributed by atoms with E-state index >= 15 is 0 Å². The van der Waals surface area contributed by atoms with Crippen LogP contribution in [-0.2, 0) is 17.8 Å². The fourth-order valence-corrected chi connectivity index (χ4v) is 3.81. The van der Waals surface area contributed by atoms with Gasteiger partial charge in [0.05, 0.1) is 0 Å². The molecule has 0 saturated carbocycles. The fourth-order valence-electron chi connectivity index (χ4n) is 3.81. The number of hydrogen-bond donors (Lipinski definition) is 2. The van der Waals surface area contributed by atoms with Gasteiger partial charge in [0.25, 0.3) is 0 Å². The first-order valence-corrected chi connectivity index (χ1v) is 11.6. The van der Waals surface area contributed by atoms with Crippen molar-refractivity contribution in [3.8, 4) is 5.75 Å². The smallest absolute Gasteiger partial charge is 0.187 e. The van der Waals surface area contributed by atoms with Crippen LogP contribution in [0.15, 0.2) is 109 Å². The Kier molecular flexibility index (Phi) is 8.25. The number of Topliss-reactive ketones (excluding diaryl/α,β-unsaturated/α-hetero) is 1. The zero-order chi connectivity index (χ0) is 24.5. The number of ketones is 1. The van der Waals surface area contributed by atoms with Crippen molar-refractivity contribution in [2.45, 2.75) is 31.6 Å². The van der Waals surface area contributed by atoms with Crippen molar-refractivity contribution in [1.82, 2.24) is 0 Å². The lowest BCUT2D eigenvalue weighted by Crippen LogP contribution is -2.31. The molecule has 0 aliphatic heterocycles. The normalized spacial score (nSPS) is 12.5. The minimum absolute atomic E-state index is 0.308. The molecule has 4 aromatic rings. The summed E-state index contributed by atoms with van der Waals surface area (Å²) in [5, 5.41) is 13.9. The SMILES string of the molecule is O=C(C(O)CCc1ccccc1)C(Nc1ccc(F)cc1)c1ccc(OCc2ccccc2)cc1. The lowest BCUT2D eigenvalue weighted by Gasteiger charge is -2.22. The van der Waals surface area contributed by atoms with Crippen molar-refractivity contribution in [3.05, 3.63) is 132 Å². The first-order chi connectivity index (χ1) is 17.1. The van der Waals surface area contributed by atoms with Crippen LogP contribution in [0.5, 0.6) is 5.75 Å². The second-order valence-corrected chi connectivity index (χ2v) is 8.37. The zero-order valence-corrected chi connectivity index (χ0v) is 19.3. The molecule has 4 nitrogen and oxygen atoms in total. The van der Waals surface area contributed by atoms with Gasteiger partial charge in [0.1, 0.15) is 30.3 Å². The summed E-state index contributed by atoms with van der Waals surface area (Å²) in [6, 6.07) is 31.8. The van der Waals surface area contributed by atoms with E-state index in [9.17, 15) is 14.3 Å². The van der Waals surface area contributed by atoms with Gasteiger partial charge >= 0.3 is 0 Å². The van der Waals surface area contributed by atoms with Gasteiger partial charge in [-0.2, -0.15) is 0 Å². The summed E-state index contributed by atoms with van der Waals surface area (Å²) in [7, 11) is 0. The largest absolute Gasteiger partial charge is 0.489 e. The third kappa shape index (κ3) is 7.01. The van der Waals surface area contributed by atoms with Crippen LogP contribution in [0.1, 0.15) is 29.2 Å². The van der Waals surface area contributed by atoms with Gasteiger partial charge in [0.2, 0.25) is 0 Å². The molecule has 0 radical (unpaired) electrons. The van der Waals surface area contributed by atoms with Gasteiger partial charge in [0, 0.05) is 5.69 Å². The van der Waals surface area contributed by atoms with E-state index in [1.807, 2.05) is 72.8 Å². The number of aliphatic hydroxyl groups is 1. The van der Waals surface area contributed by atoms with Gasteiger partial charge in [-0.15, -0.1) is 0 Å². The van der Waals surface area contributed by atoms with E-state index in [1.54, 1.807) is 24.3 Å². The number of carbonyl (C=O) groups excluding carboxylic acids is 1. The maximum Gasteiger partial charge on any atom is 0.187 e. The molecule has 35 heavy (non-hydrogen) atoms. The second-order valence-electron chi connectivity index (χ2n) is 8.37. The van der Waals surface area contributed by atoms with Crippen molar-refractivity contribution in [1.29, 1.82) is 0 Å². The Labute approximate surface area is 205 Å². The Balaban J connectivity index is 1.48. The molecular weight excluding hydrogens is 441 g/mol. The van der Waals surface area contributed by atoms with Crippen LogP contribution >= 0.6 is 0 Å². The standard InChI is InChI=1S/C30H28FNO3/c31-25-14-16-26(17-15-25)32-29(30(34)28(33)20-11-22-7-3-1-4-8-22)24-12-18-27(19-13-24)35-21-23-9-5-2-6-10-23/h1-10,12-19,28-29,32-33H,11,20-21H2. The van der Waals surface area contributed by atoms with Crippen molar-refractivity contribution in [2.24, 2.45) is 0 Å². The summed E-state index contributed by atoms with van der Waals surface area (Å²) >= 11 is 0. The van der Waals surface area contributed by atoms with Crippen molar-refractivity contribution in [2.75, 3.05) is 5.32 Å². The number of aliphatic hydroxyl groups excluding tert-OH is 1. The number of benzene rings is 4. The Morgan fingerprint density at radius 1 is 0.800 bits per heavy atom. The fraction of sp³-hybridized carbons (Fsp3) is 0.167. The number of anilines is 1. The molecule has 5 heteroatoms. The van der Waals surface area contributed by atoms with E-state index in [-0.39, 0.29) is 11.6 Å². The quantitative estimate of drug-likeness (QED) is 0.278. The summed E-state index contributed by atoms with van der Waals surface area (Å²) < 4.78 is 19.2. The number of ether oxygens (including phenoxy) is 1. The minimum Gasteiger partial charge on any atom is -0.489 e. The summed E-state index contributed by atoms with van der Waals surface area (Å²) in [6.45, 7) is 0.439. The van der Waals surface area contributed by atoms with Crippen LogP contribution in [0.4, 0.5) is 10.1 Å². The first-order valence-electron chi connectivity index (χ1n) is 11.6. The zero-order valence-electron chi connectivity index (χ0n) is 19.3. The van der Waals surface area contributed by atoms with Gasteiger partial charge in [-0.1, -0.05) is 72.8 Å². The topological polar surface area (TPSA) is 58.6 Å². The maximum absolute atomic E-state index is 13.4. The van der Waals surface area contributed by atoms with Crippen LogP contribution in [0.25, 0.3) is 0 Å². The molecule has 178 valence electrons. The Morgan fingerprint density at radius 2 is 1.40 bits per heavy atom. The molecule has 2 N–H and O–H groups in total. The minimum atomic E-state index is -1.15. The molecule has 4 rings (SSSR count). The predicted molar refractivity (Wildman–Crippen MR) is 136 cm³/mol. The third-order valence-corrected chi connectivity index (χ3v) is 5.78. The van der Waals surface area contributed by atoms with Crippen LogP contribution in [0, 0.1) is 5.82 Å². The highest BCUT2D eigenvalue weighted by atomic mass is 19.1. The van der Waals surface area contributed by atoms with Crippen LogP contribution in [-0.4, -0.2) is 17.0 Å². The molecule has 0 bridgehead atoms. The lowest BCUT2D eigenvalue weighted by molar-refractivity contribution is -0.128. The predicted octanol–water partition coefficient (Wildman–Crippen LogP) is 6.12. The highest BCUT2D eigenvalue weighted by Gasteiger charge is 2.27. The molecule has 2 unspecified atom stereocenters. The van der Waals surface area contributed by atoms with Crippen molar-refractivity contribution >= 4 is 11.5 Å². The van der Waals surface area contributed by atoms with Gasteiger partial charge in [-0.3, -0.25) is 4.79 Å². The summed E-state index contributed by atoms with van der Waals surface area (Å²) in [4.78, 5) is 13.3. The maximum atomic E-state index is 13.4. The number of hydrogen-bond acceptors (Lipinski definition) is 4. The van der Waals surface area contributed by atoms with Crippen LogP contribution < -0.4 is 10.1 Å². The molecule has 0 aromatic heterocycles. The number of carbonyl (C=O) groups is 1. The molecule has 4 aromatic carbocycles. The van der Waals surface area contributed by atoms with Crippen LogP contribution in [0.2, 0.25) is 0 Å². The Bertz CT molecular complexity index is 1200. The van der Waals surface area contributed by atoms with Gasteiger partial charge in [0.15, 0.2) is 5.78 Å². The first kappa shape index (κ1) is 24.2. The molecular formula is C30H28FNO3. The van der Waals surface area contributed by atoms with E-state index in [2.05, 4.69) is 5.32 Å². The third-order valence-electron chi connectivity index (χ3n) is 5.78. The highest BCUT2D eigenvalue weighted by Crippen LogP contribution is 2.26. The molecule has 0 heterocycles. The number of nitrogens with one attached hydrogen (secondary N) is 1. The van der Waals surface area contributed by atoms with Crippen molar-refractivity contribution in [3.63, 3.8) is 0 Å². The van der Waals surface area contributed by atoms with E-state index in [1.165, 1.54) is 12.1 Å². The van der Waals surface area contributed by atoms with E-state index < -0.39 is 12.1 Å². The van der Waals surface area contributed by atoms with Gasteiger partial charge in [-0.05, 0) is 65.9 Å². The van der Waals surface area contributed by atoms with Gasteiger partial charge < -0.3 is 15.2 Å². The molecule has 0 fully saturated rings. The monoisotopic (exact) mass is 469 g/mol. The number of aryl methyl sites for hydroxylation is 1. The molecule has 0 aliphatic rings. The average molecular weight is 470 g/mol. The second kappa shape index (κ2) is 12.0. The molecule has 0 saturated heterocycles. The van der Waals surface area contributed by atoms with E-state index in [0.717, 1.165) is 11.1 Å². The van der Waals surface area contributed by atoms with E-state index in [0.29, 0.717) is 36.4 Å². The Morgan fingerprint density at radius 3 is 2.03 bits per heavy atom.